The van der Waals surface area contributed by atoms with Crippen LogP contribution in [-0.4, -0.2) is 41.9 Å². The Kier molecular flexibility index (Phi) is 5.43. The molecular weight excluding hydrogens is 232 g/mol. The van der Waals surface area contributed by atoms with Crippen molar-refractivity contribution in [3.05, 3.63) is 23.8 Å². The van der Waals surface area contributed by atoms with E-state index >= 15 is 0 Å². The van der Waals surface area contributed by atoms with Crippen molar-refractivity contribution in [3.8, 4) is 17.6 Å². The van der Waals surface area contributed by atoms with Gasteiger partial charge in [0.05, 0.1) is 19.8 Å². The van der Waals surface area contributed by atoms with Gasteiger partial charge in [0.1, 0.15) is 6.04 Å². The lowest BCUT2D eigenvalue weighted by Gasteiger charge is -2.25. The molecule has 98 valence electrons. The van der Waals surface area contributed by atoms with Crippen molar-refractivity contribution in [1.82, 2.24) is 4.90 Å². The number of rotatable bonds is 6. The molecule has 0 aliphatic carbocycles. The number of aliphatic hydroxyl groups is 1. The molecule has 2 N–H and O–H groups in total. The van der Waals surface area contributed by atoms with Gasteiger partial charge in [-0.3, -0.25) is 4.90 Å². The Hall–Kier alpha value is -1.77. The summed E-state index contributed by atoms with van der Waals surface area (Å²) in [4.78, 5) is 1.85. The van der Waals surface area contributed by atoms with Crippen molar-refractivity contribution in [2.45, 2.75) is 13.0 Å². The summed E-state index contributed by atoms with van der Waals surface area (Å²) in [6.45, 7) is 3.01. The van der Waals surface area contributed by atoms with E-state index in [1.165, 1.54) is 13.2 Å². The molecule has 0 aromatic heterocycles. The van der Waals surface area contributed by atoms with Gasteiger partial charge in [0.25, 0.3) is 0 Å². The largest absolute Gasteiger partial charge is 0.504 e. The number of phenols is 1. The molecule has 0 saturated heterocycles. The summed E-state index contributed by atoms with van der Waals surface area (Å²) in [6, 6.07) is 6.57. The first-order valence-corrected chi connectivity index (χ1v) is 5.79. The molecule has 0 heterocycles. The fourth-order valence-corrected chi connectivity index (χ4v) is 1.83. The first-order valence-electron chi connectivity index (χ1n) is 5.79. The standard InChI is InChI=1S/C13H18N2O3/c1-3-15(6-7-16)11(9-14)10-4-5-12(17)13(8-10)18-2/h4-5,8,11,16-17H,3,6-7H2,1-2H3. The van der Waals surface area contributed by atoms with E-state index in [2.05, 4.69) is 6.07 Å². The Morgan fingerprint density at radius 1 is 1.50 bits per heavy atom. The van der Waals surface area contributed by atoms with Gasteiger partial charge in [-0.2, -0.15) is 5.26 Å². The lowest BCUT2D eigenvalue weighted by molar-refractivity contribution is 0.180. The number of nitrogens with zero attached hydrogens (tertiary/aromatic N) is 2. The number of methoxy groups -OCH3 is 1. The Balaban J connectivity index is 3.05. The normalized spacial score (nSPS) is 12.2. The number of benzene rings is 1. The zero-order chi connectivity index (χ0) is 13.5. The summed E-state index contributed by atoms with van der Waals surface area (Å²) < 4.78 is 5.03. The van der Waals surface area contributed by atoms with E-state index in [9.17, 15) is 10.4 Å². The van der Waals surface area contributed by atoms with Crippen LogP contribution in [-0.2, 0) is 0 Å². The van der Waals surface area contributed by atoms with Gasteiger partial charge in [-0.15, -0.1) is 0 Å². The van der Waals surface area contributed by atoms with Crippen LogP contribution in [0.3, 0.4) is 0 Å². The zero-order valence-corrected chi connectivity index (χ0v) is 10.6. The van der Waals surface area contributed by atoms with Gasteiger partial charge in [0.2, 0.25) is 0 Å². The maximum atomic E-state index is 9.53. The van der Waals surface area contributed by atoms with Gasteiger partial charge in [-0.1, -0.05) is 13.0 Å². The van der Waals surface area contributed by atoms with E-state index in [0.717, 1.165) is 5.56 Å². The minimum absolute atomic E-state index is 0.00123. The van der Waals surface area contributed by atoms with Crippen molar-refractivity contribution >= 4 is 0 Å². The maximum Gasteiger partial charge on any atom is 0.160 e. The van der Waals surface area contributed by atoms with Crippen molar-refractivity contribution in [1.29, 1.82) is 5.26 Å². The fraction of sp³-hybridized carbons (Fsp3) is 0.462. The third-order valence-electron chi connectivity index (χ3n) is 2.80. The van der Waals surface area contributed by atoms with Gasteiger partial charge in [0, 0.05) is 6.54 Å². The lowest BCUT2D eigenvalue weighted by atomic mass is 10.1. The molecule has 0 radical (unpaired) electrons. The van der Waals surface area contributed by atoms with Crippen LogP contribution in [0.1, 0.15) is 18.5 Å². The second-order valence-electron chi connectivity index (χ2n) is 3.82. The van der Waals surface area contributed by atoms with Crippen LogP contribution in [0.25, 0.3) is 0 Å². The van der Waals surface area contributed by atoms with Crippen LogP contribution < -0.4 is 4.74 Å². The minimum atomic E-state index is -0.461. The number of ether oxygens (including phenoxy) is 1. The van der Waals surface area contributed by atoms with Crippen LogP contribution in [0.15, 0.2) is 18.2 Å². The highest BCUT2D eigenvalue weighted by molar-refractivity contribution is 5.43. The van der Waals surface area contributed by atoms with Crippen LogP contribution in [0, 0.1) is 11.3 Å². The van der Waals surface area contributed by atoms with E-state index in [1.807, 2.05) is 11.8 Å². The van der Waals surface area contributed by atoms with Crippen molar-refractivity contribution < 1.29 is 14.9 Å². The third kappa shape index (κ3) is 3.13. The molecule has 0 amide bonds. The summed E-state index contributed by atoms with van der Waals surface area (Å²) in [5, 5.41) is 27.8. The number of aromatic hydroxyl groups is 1. The second-order valence-corrected chi connectivity index (χ2v) is 3.82. The maximum absolute atomic E-state index is 9.53. The minimum Gasteiger partial charge on any atom is -0.504 e. The first-order chi connectivity index (χ1) is 8.67. The van der Waals surface area contributed by atoms with Gasteiger partial charge >= 0.3 is 0 Å². The highest BCUT2D eigenvalue weighted by Crippen LogP contribution is 2.30. The van der Waals surface area contributed by atoms with Crippen molar-refractivity contribution in [2.75, 3.05) is 26.8 Å². The third-order valence-corrected chi connectivity index (χ3v) is 2.80. The van der Waals surface area contributed by atoms with Crippen LogP contribution in [0.5, 0.6) is 11.5 Å². The smallest absolute Gasteiger partial charge is 0.160 e. The van der Waals surface area contributed by atoms with Crippen LogP contribution in [0.2, 0.25) is 0 Å². The molecule has 0 spiro atoms. The Morgan fingerprint density at radius 2 is 2.22 bits per heavy atom. The van der Waals surface area contributed by atoms with E-state index < -0.39 is 6.04 Å². The predicted octanol–water partition coefficient (Wildman–Crippen LogP) is 1.28. The van der Waals surface area contributed by atoms with Crippen LogP contribution in [0.4, 0.5) is 0 Å². The Labute approximate surface area is 107 Å². The highest BCUT2D eigenvalue weighted by Gasteiger charge is 2.19. The summed E-state index contributed by atoms with van der Waals surface area (Å²) in [5.41, 5.74) is 0.738. The zero-order valence-electron chi connectivity index (χ0n) is 10.6. The molecule has 0 saturated carbocycles. The molecule has 5 heteroatoms. The summed E-state index contributed by atoms with van der Waals surface area (Å²) in [6.07, 6.45) is 0. The quantitative estimate of drug-likeness (QED) is 0.795. The van der Waals surface area contributed by atoms with Gasteiger partial charge in [0.15, 0.2) is 11.5 Å². The molecular formula is C13H18N2O3. The summed E-state index contributed by atoms with van der Waals surface area (Å²) in [5.74, 6) is 0.385. The molecule has 1 unspecified atom stereocenters. The molecule has 1 aromatic carbocycles. The number of nitriles is 1. The number of hydrogen-bond donors (Lipinski definition) is 2. The first kappa shape index (κ1) is 14.3. The van der Waals surface area contributed by atoms with Gasteiger partial charge < -0.3 is 14.9 Å². The van der Waals surface area contributed by atoms with E-state index in [-0.39, 0.29) is 12.4 Å². The molecule has 0 fully saturated rings. The molecule has 0 aliphatic rings. The second kappa shape index (κ2) is 6.84. The number of hydrogen-bond acceptors (Lipinski definition) is 5. The number of aliphatic hydroxyl groups excluding tert-OH is 1. The average molecular weight is 250 g/mol. The Bertz CT molecular complexity index is 429. The molecule has 18 heavy (non-hydrogen) atoms. The summed E-state index contributed by atoms with van der Waals surface area (Å²) in [7, 11) is 1.46. The highest BCUT2D eigenvalue weighted by atomic mass is 16.5. The van der Waals surface area contributed by atoms with E-state index in [4.69, 9.17) is 9.84 Å². The molecule has 1 atom stereocenters. The molecule has 5 nitrogen and oxygen atoms in total. The van der Waals surface area contributed by atoms with Crippen molar-refractivity contribution in [3.63, 3.8) is 0 Å². The van der Waals surface area contributed by atoms with E-state index in [0.29, 0.717) is 18.8 Å². The lowest BCUT2D eigenvalue weighted by Crippen LogP contribution is -2.30. The predicted molar refractivity (Wildman–Crippen MR) is 67.3 cm³/mol. The SMILES string of the molecule is CCN(CCO)C(C#N)c1ccc(O)c(OC)c1. The number of likely N-dealkylation sites (N-methyl/N-ethyl adjacent to an activating group) is 1. The molecule has 0 aliphatic heterocycles. The monoisotopic (exact) mass is 250 g/mol. The average Bonchev–Trinajstić information content (AvgIpc) is 2.40. The molecule has 1 rings (SSSR count). The van der Waals surface area contributed by atoms with Crippen molar-refractivity contribution in [2.24, 2.45) is 0 Å². The topological polar surface area (TPSA) is 76.7 Å². The summed E-state index contributed by atoms with van der Waals surface area (Å²) >= 11 is 0. The molecule has 1 aromatic rings. The van der Waals surface area contributed by atoms with Crippen LogP contribution >= 0.6 is 0 Å². The van der Waals surface area contributed by atoms with Gasteiger partial charge in [-0.05, 0) is 24.2 Å². The fourth-order valence-electron chi connectivity index (χ4n) is 1.83. The van der Waals surface area contributed by atoms with E-state index in [1.54, 1.807) is 12.1 Å². The molecule has 0 bridgehead atoms. The number of phenolic OH excluding ortho intramolecular Hbond substituents is 1. The Morgan fingerprint density at radius 3 is 2.72 bits per heavy atom. The van der Waals surface area contributed by atoms with Gasteiger partial charge in [-0.25, -0.2) is 0 Å².